The Kier molecular flexibility index (Phi) is 4.21. The molecule has 0 aromatic heterocycles. The van der Waals surface area contributed by atoms with E-state index in [1.807, 2.05) is 0 Å². The van der Waals surface area contributed by atoms with Gasteiger partial charge < -0.3 is 16.8 Å². The highest BCUT2D eigenvalue weighted by atomic mass is 16.2. The minimum Gasteiger partial charge on any atom is -0.368 e. The molecule has 1 atom stereocenters. The summed E-state index contributed by atoms with van der Waals surface area (Å²) in [5, 5.41) is 2.29. The van der Waals surface area contributed by atoms with E-state index in [0.29, 0.717) is 6.42 Å². The Balaban J connectivity index is 3.60. The maximum Gasteiger partial charge on any atom is 0.237 e. The second-order valence-corrected chi connectivity index (χ2v) is 2.20. The van der Waals surface area contributed by atoms with Crippen molar-refractivity contribution in [3.8, 4) is 0 Å². The van der Waals surface area contributed by atoms with Gasteiger partial charge in [-0.15, -0.1) is 0 Å². The van der Waals surface area contributed by atoms with Crippen LogP contribution in [0, 0.1) is 0 Å². The molecule has 0 aromatic carbocycles. The molecule has 0 aliphatic carbocycles. The van der Waals surface area contributed by atoms with Gasteiger partial charge in [0.15, 0.2) is 0 Å². The van der Waals surface area contributed by atoms with E-state index < -0.39 is 11.9 Å². The average molecular weight is 159 g/mol. The molecular formula is C6H13N3O2. The van der Waals surface area contributed by atoms with Crippen LogP contribution < -0.4 is 16.8 Å². The molecule has 0 heterocycles. The number of nitrogens with two attached hydrogens (primary N) is 2. The number of rotatable bonds is 4. The first-order valence-electron chi connectivity index (χ1n) is 3.39. The van der Waals surface area contributed by atoms with E-state index in [-0.39, 0.29) is 12.5 Å². The standard InChI is InChI=1S/C6H13N3O2/c1-2-4(7)6(11)9-3-5(8)10/h4H,2-3,7H2,1H3,(H2,8,10)(H,9,11)/t4-/m0/s1. The molecule has 0 unspecified atom stereocenters. The Morgan fingerprint density at radius 2 is 2.09 bits per heavy atom. The number of amides is 2. The van der Waals surface area contributed by atoms with Crippen molar-refractivity contribution in [2.45, 2.75) is 19.4 Å². The molecule has 0 aliphatic rings. The summed E-state index contributed by atoms with van der Waals surface area (Å²) in [6.45, 7) is 1.64. The van der Waals surface area contributed by atoms with Crippen molar-refractivity contribution < 1.29 is 9.59 Å². The third kappa shape index (κ3) is 4.32. The molecule has 0 saturated carbocycles. The van der Waals surface area contributed by atoms with Crippen molar-refractivity contribution >= 4 is 11.8 Å². The minimum atomic E-state index is -0.568. The number of carbonyl (C=O) groups is 2. The van der Waals surface area contributed by atoms with E-state index in [9.17, 15) is 9.59 Å². The van der Waals surface area contributed by atoms with E-state index in [2.05, 4.69) is 5.32 Å². The zero-order chi connectivity index (χ0) is 8.85. The van der Waals surface area contributed by atoms with Gasteiger partial charge in [-0.3, -0.25) is 9.59 Å². The summed E-state index contributed by atoms with van der Waals surface area (Å²) in [6, 6.07) is -0.547. The predicted molar refractivity (Wildman–Crippen MR) is 40.5 cm³/mol. The van der Waals surface area contributed by atoms with Crippen molar-refractivity contribution in [2.75, 3.05) is 6.54 Å². The van der Waals surface area contributed by atoms with Crippen molar-refractivity contribution in [2.24, 2.45) is 11.5 Å². The van der Waals surface area contributed by atoms with Crippen LogP contribution in [-0.4, -0.2) is 24.4 Å². The zero-order valence-corrected chi connectivity index (χ0v) is 6.46. The lowest BCUT2D eigenvalue weighted by molar-refractivity contribution is -0.125. The predicted octanol–water partition coefficient (Wildman–Crippen LogP) is -1.67. The fourth-order valence-corrected chi connectivity index (χ4v) is 0.491. The Hall–Kier alpha value is -1.10. The number of hydrogen-bond acceptors (Lipinski definition) is 3. The number of nitrogens with one attached hydrogen (secondary N) is 1. The van der Waals surface area contributed by atoms with Gasteiger partial charge in [0.25, 0.3) is 0 Å². The largest absolute Gasteiger partial charge is 0.368 e. The van der Waals surface area contributed by atoms with Crippen molar-refractivity contribution in [1.29, 1.82) is 0 Å². The molecule has 0 radical (unpaired) electrons. The highest BCUT2D eigenvalue weighted by Crippen LogP contribution is 1.83. The number of primary amides is 1. The molecule has 2 amide bonds. The van der Waals surface area contributed by atoms with E-state index >= 15 is 0 Å². The molecule has 11 heavy (non-hydrogen) atoms. The topological polar surface area (TPSA) is 98.2 Å². The molecule has 0 fully saturated rings. The normalized spacial score (nSPS) is 12.2. The smallest absolute Gasteiger partial charge is 0.237 e. The van der Waals surface area contributed by atoms with E-state index in [4.69, 9.17) is 11.5 Å². The number of carbonyl (C=O) groups excluding carboxylic acids is 2. The third-order valence-corrected chi connectivity index (χ3v) is 1.21. The van der Waals surface area contributed by atoms with Crippen molar-refractivity contribution in [3.63, 3.8) is 0 Å². The van der Waals surface area contributed by atoms with E-state index in [0.717, 1.165) is 0 Å². The Morgan fingerprint density at radius 3 is 2.45 bits per heavy atom. The fraction of sp³-hybridized carbons (Fsp3) is 0.667. The van der Waals surface area contributed by atoms with Gasteiger partial charge in [-0.2, -0.15) is 0 Å². The van der Waals surface area contributed by atoms with Crippen LogP contribution in [0.4, 0.5) is 0 Å². The Labute approximate surface area is 65.1 Å². The van der Waals surface area contributed by atoms with Gasteiger partial charge in [-0.25, -0.2) is 0 Å². The summed E-state index contributed by atoms with van der Waals surface area (Å²) in [7, 11) is 0. The van der Waals surface area contributed by atoms with Crippen LogP contribution in [-0.2, 0) is 9.59 Å². The molecule has 0 aliphatic heterocycles. The maximum atomic E-state index is 10.8. The average Bonchev–Trinajstić information content (AvgIpc) is 1.98. The van der Waals surface area contributed by atoms with Crippen LogP contribution in [0.25, 0.3) is 0 Å². The summed E-state index contributed by atoms with van der Waals surface area (Å²) in [5.74, 6) is -0.909. The molecule has 5 N–H and O–H groups in total. The number of hydrogen-bond donors (Lipinski definition) is 3. The van der Waals surface area contributed by atoms with Gasteiger partial charge in [0, 0.05) is 0 Å². The third-order valence-electron chi connectivity index (χ3n) is 1.21. The second-order valence-electron chi connectivity index (χ2n) is 2.20. The monoisotopic (exact) mass is 159 g/mol. The van der Waals surface area contributed by atoms with Gasteiger partial charge >= 0.3 is 0 Å². The van der Waals surface area contributed by atoms with Crippen LogP contribution in [0.5, 0.6) is 0 Å². The van der Waals surface area contributed by atoms with Crippen LogP contribution in [0.1, 0.15) is 13.3 Å². The first-order valence-corrected chi connectivity index (χ1v) is 3.39. The zero-order valence-electron chi connectivity index (χ0n) is 6.46. The van der Waals surface area contributed by atoms with Gasteiger partial charge in [0.1, 0.15) is 0 Å². The SMILES string of the molecule is CC[C@H](N)C(=O)NCC(N)=O. The van der Waals surface area contributed by atoms with Crippen LogP contribution in [0.3, 0.4) is 0 Å². The van der Waals surface area contributed by atoms with Crippen LogP contribution in [0.15, 0.2) is 0 Å². The summed E-state index contributed by atoms with van der Waals surface area (Å²) in [4.78, 5) is 21.0. The van der Waals surface area contributed by atoms with Crippen molar-refractivity contribution in [1.82, 2.24) is 5.32 Å². The molecule has 5 heteroatoms. The van der Waals surface area contributed by atoms with Gasteiger partial charge in [-0.05, 0) is 6.42 Å². The quantitative estimate of drug-likeness (QED) is 0.457. The Morgan fingerprint density at radius 1 is 1.55 bits per heavy atom. The minimum absolute atomic E-state index is 0.146. The van der Waals surface area contributed by atoms with Gasteiger partial charge in [0.05, 0.1) is 12.6 Å². The van der Waals surface area contributed by atoms with Crippen LogP contribution >= 0.6 is 0 Å². The van der Waals surface area contributed by atoms with Crippen molar-refractivity contribution in [3.05, 3.63) is 0 Å². The summed E-state index contributed by atoms with van der Waals surface area (Å²) in [6.07, 6.45) is 0.546. The first-order chi connectivity index (χ1) is 5.07. The molecule has 0 aromatic rings. The molecule has 64 valence electrons. The van der Waals surface area contributed by atoms with Gasteiger partial charge in [-0.1, -0.05) is 6.92 Å². The lowest BCUT2D eigenvalue weighted by Crippen LogP contribution is -2.43. The molecule has 5 nitrogen and oxygen atoms in total. The molecular weight excluding hydrogens is 146 g/mol. The highest BCUT2D eigenvalue weighted by Gasteiger charge is 2.10. The second kappa shape index (κ2) is 4.68. The molecule has 0 spiro atoms. The van der Waals surface area contributed by atoms with E-state index in [1.165, 1.54) is 0 Å². The Bertz CT molecular complexity index is 158. The summed E-state index contributed by atoms with van der Waals surface area (Å²) < 4.78 is 0. The first kappa shape index (κ1) is 9.90. The van der Waals surface area contributed by atoms with Gasteiger partial charge in [0.2, 0.25) is 11.8 Å². The maximum absolute atomic E-state index is 10.8. The summed E-state index contributed by atoms with van der Waals surface area (Å²) in [5.41, 5.74) is 10.1. The lowest BCUT2D eigenvalue weighted by atomic mass is 10.2. The lowest BCUT2D eigenvalue weighted by Gasteiger charge is -2.07. The molecule has 0 bridgehead atoms. The summed E-state index contributed by atoms with van der Waals surface area (Å²) >= 11 is 0. The molecule has 0 saturated heterocycles. The fourth-order valence-electron chi connectivity index (χ4n) is 0.491. The molecule has 0 rings (SSSR count). The van der Waals surface area contributed by atoms with Crippen LogP contribution in [0.2, 0.25) is 0 Å². The van der Waals surface area contributed by atoms with E-state index in [1.54, 1.807) is 6.92 Å². The highest BCUT2D eigenvalue weighted by molar-refractivity contribution is 5.86.